The number of rotatable bonds is 7. The first-order chi connectivity index (χ1) is 7.64. The van der Waals surface area contributed by atoms with Gasteiger partial charge in [0, 0.05) is 12.8 Å². The normalized spacial score (nSPS) is 11.6. The lowest BCUT2D eigenvalue weighted by atomic mass is 10.4. The molecule has 0 saturated heterocycles. The van der Waals surface area contributed by atoms with Crippen molar-refractivity contribution in [3.8, 4) is 0 Å². The van der Waals surface area contributed by atoms with Crippen LogP contribution in [0.4, 0.5) is 0 Å². The van der Waals surface area contributed by atoms with Gasteiger partial charge in [0.15, 0.2) is 0 Å². The summed E-state index contributed by atoms with van der Waals surface area (Å²) in [4.78, 5) is 0. The quantitative estimate of drug-likeness (QED) is 0.642. The molecule has 16 heavy (non-hydrogen) atoms. The molecule has 0 unspecified atom stereocenters. The van der Waals surface area contributed by atoms with Gasteiger partial charge in [0.1, 0.15) is 0 Å². The Morgan fingerprint density at radius 3 is 2.81 bits per heavy atom. The number of nitrogens with one attached hydrogen (secondary N) is 1. The molecule has 0 fully saturated rings. The zero-order valence-electron chi connectivity index (χ0n) is 8.83. The van der Waals surface area contributed by atoms with Crippen LogP contribution >= 0.6 is 0 Å². The van der Waals surface area contributed by atoms with Crippen LogP contribution < -0.4 is 4.72 Å². The number of aliphatic hydroxyl groups is 1. The van der Waals surface area contributed by atoms with E-state index in [1.54, 1.807) is 12.1 Å². The van der Waals surface area contributed by atoms with Crippen molar-refractivity contribution in [2.24, 2.45) is 0 Å². The summed E-state index contributed by atoms with van der Waals surface area (Å²) in [5.74, 6) is 0.0216. The Kier molecular flexibility index (Phi) is 5.30. The standard InChI is InChI=1S/C9H15N3O3S/c13-6-1-2-7-16(14,15)11-8-9-4-3-5-10-12-9/h3-5,11,13H,1-2,6-8H2. The van der Waals surface area contributed by atoms with Crippen LogP contribution in [0.5, 0.6) is 0 Å². The van der Waals surface area contributed by atoms with E-state index in [1.165, 1.54) is 6.20 Å². The molecule has 1 heterocycles. The monoisotopic (exact) mass is 245 g/mol. The highest BCUT2D eigenvalue weighted by Gasteiger charge is 2.09. The second kappa shape index (κ2) is 6.51. The third-order valence-corrected chi connectivity index (χ3v) is 3.33. The number of hydrogen-bond acceptors (Lipinski definition) is 5. The second-order valence-corrected chi connectivity index (χ2v) is 5.21. The molecule has 6 nitrogen and oxygen atoms in total. The molecule has 1 aromatic heterocycles. The molecule has 0 spiro atoms. The van der Waals surface area contributed by atoms with Crippen LogP contribution in [0.2, 0.25) is 0 Å². The molecule has 2 N–H and O–H groups in total. The van der Waals surface area contributed by atoms with E-state index in [2.05, 4.69) is 14.9 Å². The van der Waals surface area contributed by atoms with Crippen LogP contribution in [0.3, 0.4) is 0 Å². The summed E-state index contributed by atoms with van der Waals surface area (Å²) in [5.41, 5.74) is 0.577. The van der Waals surface area contributed by atoms with E-state index in [0.29, 0.717) is 18.5 Å². The van der Waals surface area contributed by atoms with Crippen molar-refractivity contribution in [2.45, 2.75) is 19.4 Å². The lowest BCUT2D eigenvalue weighted by molar-refractivity contribution is 0.287. The zero-order valence-corrected chi connectivity index (χ0v) is 9.65. The van der Waals surface area contributed by atoms with Crippen molar-refractivity contribution >= 4 is 10.0 Å². The van der Waals surface area contributed by atoms with Gasteiger partial charge in [-0.1, -0.05) is 0 Å². The predicted octanol–water partition coefficient (Wildman–Crippen LogP) is -0.332. The molecule has 1 rings (SSSR count). The fourth-order valence-electron chi connectivity index (χ4n) is 1.09. The number of sulfonamides is 1. The van der Waals surface area contributed by atoms with Gasteiger partial charge in [-0.2, -0.15) is 10.2 Å². The summed E-state index contributed by atoms with van der Waals surface area (Å²) >= 11 is 0. The van der Waals surface area contributed by atoms with E-state index in [1.807, 2.05) is 0 Å². The average molecular weight is 245 g/mol. The van der Waals surface area contributed by atoms with E-state index < -0.39 is 10.0 Å². The van der Waals surface area contributed by atoms with E-state index in [-0.39, 0.29) is 18.9 Å². The van der Waals surface area contributed by atoms with Crippen molar-refractivity contribution in [2.75, 3.05) is 12.4 Å². The highest BCUT2D eigenvalue weighted by atomic mass is 32.2. The van der Waals surface area contributed by atoms with Gasteiger partial charge in [-0.15, -0.1) is 0 Å². The molecule has 1 aromatic rings. The third kappa shape index (κ3) is 5.15. The van der Waals surface area contributed by atoms with E-state index in [0.717, 1.165) is 0 Å². The molecule has 0 atom stereocenters. The molecule has 0 aliphatic heterocycles. The molecule has 0 bridgehead atoms. The first kappa shape index (κ1) is 13.0. The minimum Gasteiger partial charge on any atom is -0.396 e. The van der Waals surface area contributed by atoms with Crippen molar-refractivity contribution in [1.82, 2.24) is 14.9 Å². The Hall–Kier alpha value is -1.05. The van der Waals surface area contributed by atoms with E-state index >= 15 is 0 Å². The van der Waals surface area contributed by atoms with Gasteiger partial charge in [-0.3, -0.25) is 0 Å². The van der Waals surface area contributed by atoms with Crippen molar-refractivity contribution in [3.05, 3.63) is 24.0 Å². The van der Waals surface area contributed by atoms with Gasteiger partial charge in [0.2, 0.25) is 10.0 Å². The van der Waals surface area contributed by atoms with Crippen LogP contribution in [0.25, 0.3) is 0 Å². The second-order valence-electron chi connectivity index (χ2n) is 3.29. The molecular weight excluding hydrogens is 230 g/mol. The maximum Gasteiger partial charge on any atom is 0.211 e. The summed E-state index contributed by atoms with van der Waals surface area (Å²) < 4.78 is 25.3. The first-order valence-electron chi connectivity index (χ1n) is 4.99. The van der Waals surface area contributed by atoms with Crippen LogP contribution in [-0.4, -0.2) is 36.1 Å². The summed E-state index contributed by atoms with van der Waals surface area (Å²) in [6, 6.07) is 3.39. The molecule has 0 radical (unpaired) electrons. The average Bonchev–Trinajstić information content (AvgIpc) is 2.28. The van der Waals surface area contributed by atoms with Gasteiger partial charge in [-0.25, -0.2) is 13.1 Å². The summed E-state index contributed by atoms with van der Waals surface area (Å²) in [6.07, 6.45) is 2.47. The Morgan fingerprint density at radius 2 is 2.19 bits per heavy atom. The zero-order chi connectivity index (χ0) is 11.9. The Morgan fingerprint density at radius 1 is 1.38 bits per heavy atom. The molecule has 0 saturated carbocycles. The Labute approximate surface area is 94.8 Å². The number of nitrogens with zero attached hydrogens (tertiary/aromatic N) is 2. The molecule has 0 aliphatic rings. The maximum absolute atomic E-state index is 11.4. The number of aliphatic hydroxyl groups excluding tert-OH is 1. The van der Waals surface area contributed by atoms with E-state index in [4.69, 9.17) is 5.11 Å². The van der Waals surface area contributed by atoms with Crippen LogP contribution in [-0.2, 0) is 16.6 Å². The summed E-state index contributed by atoms with van der Waals surface area (Å²) in [7, 11) is -3.28. The first-order valence-corrected chi connectivity index (χ1v) is 6.64. The van der Waals surface area contributed by atoms with Gasteiger partial charge in [0.25, 0.3) is 0 Å². The largest absolute Gasteiger partial charge is 0.396 e. The van der Waals surface area contributed by atoms with Gasteiger partial charge in [0.05, 0.1) is 18.0 Å². The summed E-state index contributed by atoms with van der Waals surface area (Å²) in [5, 5.41) is 15.9. The minimum atomic E-state index is -3.28. The summed E-state index contributed by atoms with van der Waals surface area (Å²) in [6.45, 7) is 0.162. The van der Waals surface area contributed by atoms with Crippen molar-refractivity contribution < 1.29 is 13.5 Å². The lowest BCUT2D eigenvalue weighted by Crippen LogP contribution is -2.26. The molecule has 0 aromatic carbocycles. The van der Waals surface area contributed by atoms with Crippen LogP contribution in [0.1, 0.15) is 18.5 Å². The van der Waals surface area contributed by atoms with Crippen LogP contribution in [0, 0.1) is 0 Å². The molecule has 90 valence electrons. The number of hydrogen-bond donors (Lipinski definition) is 2. The SMILES string of the molecule is O=S(=O)(CCCCO)NCc1cccnn1. The van der Waals surface area contributed by atoms with Crippen LogP contribution in [0.15, 0.2) is 18.3 Å². The number of aromatic nitrogens is 2. The fraction of sp³-hybridized carbons (Fsp3) is 0.556. The Bertz CT molecular complexity index is 394. The van der Waals surface area contributed by atoms with Gasteiger partial charge >= 0.3 is 0 Å². The molecule has 0 aliphatic carbocycles. The highest BCUT2D eigenvalue weighted by Crippen LogP contribution is 1.96. The number of unbranched alkanes of at least 4 members (excludes halogenated alkanes) is 1. The Balaban J connectivity index is 2.36. The van der Waals surface area contributed by atoms with E-state index in [9.17, 15) is 8.42 Å². The van der Waals surface area contributed by atoms with Crippen molar-refractivity contribution in [1.29, 1.82) is 0 Å². The predicted molar refractivity (Wildman–Crippen MR) is 59.0 cm³/mol. The molecule has 0 amide bonds. The van der Waals surface area contributed by atoms with Gasteiger partial charge < -0.3 is 5.11 Å². The molecular formula is C9H15N3O3S. The molecule has 7 heteroatoms. The van der Waals surface area contributed by atoms with Crippen molar-refractivity contribution in [3.63, 3.8) is 0 Å². The smallest absolute Gasteiger partial charge is 0.211 e. The minimum absolute atomic E-state index is 0.0136. The maximum atomic E-state index is 11.4. The lowest BCUT2D eigenvalue weighted by Gasteiger charge is -2.04. The highest BCUT2D eigenvalue weighted by molar-refractivity contribution is 7.89. The van der Waals surface area contributed by atoms with Gasteiger partial charge in [-0.05, 0) is 25.0 Å². The topological polar surface area (TPSA) is 92.2 Å². The third-order valence-electron chi connectivity index (χ3n) is 1.92. The fourth-order valence-corrected chi connectivity index (χ4v) is 2.18.